The lowest BCUT2D eigenvalue weighted by Gasteiger charge is -2.08. The quantitative estimate of drug-likeness (QED) is 0.125. The SMILES string of the molecule is N#CCc1ccc(OCc2ccc(-c3cccc4nc(N)nn34)cc2)cc1.O=C(Nc1nc2cccc(-c3ccc(CNc4ccon4)cc3)n2n1)C1CC1. The van der Waals surface area contributed by atoms with E-state index in [0.717, 1.165) is 63.4 Å². The monoisotopic (exact) mass is 729 g/mol. The summed E-state index contributed by atoms with van der Waals surface area (Å²) in [6.45, 7) is 1.12. The fourth-order valence-electron chi connectivity index (χ4n) is 5.90. The van der Waals surface area contributed by atoms with Crippen LogP contribution in [0.5, 0.6) is 5.75 Å². The van der Waals surface area contributed by atoms with Crippen molar-refractivity contribution in [2.45, 2.75) is 32.4 Å². The Kier molecular flexibility index (Phi) is 9.80. The number of anilines is 3. The van der Waals surface area contributed by atoms with Gasteiger partial charge in [-0.3, -0.25) is 10.1 Å². The van der Waals surface area contributed by atoms with Crippen LogP contribution >= 0.6 is 0 Å². The predicted octanol–water partition coefficient (Wildman–Crippen LogP) is 6.97. The number of nitrogens with one attached hydrogen (secondary N) is 2. The van der Waals surface area contributed by atoms with E-state index in [2.05, 4.69) is 42.0 Å². The average Bonchev–Trinajstić information content (AvgIpc) is 3.56. The molecule has 0 spiro atoms. The largest absolute Gasteiger partial charge is 0.489 e. The molecular formula is C41H35N11O3. The summed E-state index contributed by atoms with van der Waals surface area (Å²) in [7, 11) is 0. The number of carbonyl (C=O) groups is 1. The van der Waals surface area contributed by atoms with Crippen LogP contribution in [0.4, 0.5) is 17.7 Å². The van der Waals surface area contributed by atoms with Crippen molar-refractivity contribution in [2.24, 2.45) is 5.92 Å². The Morgan fingerprint density at radius 1 is 0.800 bits per heavy atom. The van der Waals surface area contributed by atoms with Gasteiger partial charge in [0.15, 0.2) is 17.1 Å². The third-order valence-corrected chi connectivity index (χ3v) is 8.94. The Balaban J connectivity index is 0.000000155. The Bertz CT molecular complexity index is 2590. The summed E-state index contributed by atoms with van der Waals surface area (Å²) in [5.74, 6) is 2.21. The lowest BCUT2D eigenvalue weighted by Crippen LogP contribution is -2.14. The Labute approximate surface area is 315 Å². The molecule has 0 bridgehead atoms. The van der Waals surface area contributed by atoms with Crippen LogP contribution in [0.2, 0.25) is 0 Å². The number of hydrogen-bond acceptors (Lipinski definition) is 11. The van der Waals surface area contributed by atoms with E-state index in [0.29, 0.717) is 37.0 Å². The first-order valence-corrected chi connectivity index (χ1v) is 17.7. The number of aromatic nitrogens is 7. The van der Waals surface area contributed by atoms with Crippen molar-refractivity contribution in [3.05, 3.63) is 138 Å². The van der Waals surface area contributed by atoms with Crippen molar-refractivity contribution in [1.29, 1.82) is 5.26 Å². The van der Waals surface area contributed by atoms with Crippen molar-refractivity contribution in [3.63, 3.8) is 0 Å². The highest BCUT2D eigenvalue weighted by molar-refractivity contribution is 5.92. The molecule has 55 heavy (non-hydrogen) atoms. The zero-order valence-electron chi connectivity index (χ0n) is 29.5. The number of benzene rings is 3. The van der Waals surface area contributed by atoms with Crippen molar-refractivity contribution in [1.82, 2.24) is 34.4 Å². The van der Waals surface area contributed by atoms with Gasteiger partial charge in [0, 0.05) is 29.7 Å². The highest BCUT2D eigenvalue weighted by atomic mass is 16.5. The molecule has 1 amide bonds. The van der Waals surface area contributed by atoms with Gasteiger partial charge in [0.05, 0.1) is 23.9 Å². The first-order valence-electron chi connectivity index (χ1n) is 17.7. The van der Waals surface area contributed by atoms with E-state index >= 15 is 0 Å². The van der Waals surface area contributed by atoms with Crippen LogP contribution in [0.1, 0.15) is 29.5 Å². The van der Waals surface area contributed by atoms with Crippen LogP contribution in [0.15, 0.2) is 126 Å². The topological polar surface area (TPSA) is 187 Å². The first kappa shape index (κ1) is 34.6. The molecule has 8 aromatic rings. The molecule has 0 atom stereocenters. The van der Waals surface area contributed by atoms with Crippen LogP contribution in [0.3, 0.4) is 0 Å². The molecule has 1 aliphatic rings. The smallest absolute Gasteiger partial charge is 0.249 e. The second-order valence-corrected chi connectivity index (χ2v) is 12.9. The number of hydrogen-bond donors (Lipinski definition) is 3. The van der Waals surface area contributed by atoms with Crippen molar-refractivity contribution in [2.75, 3.05) is 16.4 Å². The summed E-state index contributed by atoms with van der Waals surface area (Å²) >= 11 is 0. The van der Waals surface area contributed by atoms with Gasteiger partial charge in [-0.1, -0.05) is 78.0 Å². The molecule has 1 aliphatic carbocycles. The first-order chi connectivity index (χ1) is 27.0. The zero-order valence-corrected chi connectivity index (χ0v) is 29.5. The molecule has 0 radical (unpaired) electrons. The molecule has 272 valence electrons. The Hall–Kier alpha value is -7.53. The van der Waals surface area contributed by atoms with Crippen LogP contribution in [0, 0.1) is 17.2 Å². The Morgan fingerprint density at radius 3 is 2.07 bits per heavy atom. The number of nitrogens with zero attached hydrogens (tertiary/aromatic N) is 8. The van der Waals surface area contributed by atoms with Gasteiger partial charge in [-0.25, -0.2) is 9.03 Å². The van der Waals surface area contributed by atoms with Crippen LogP contribution in [0.25, 0.3) is 33.8 Å². The lowest BCUT2D eigenvalue weighted by molar-refractivity contribution is -0.117. The molecule has 0 unspecified atom stereocenters. The van der Waals surface area contributed by atoms with Crippen molar-refractivity contribution < 1.29 is 14.1 Å². The third-order valence-electron chi connectivity index (χ3n) is 8.94. The number of nitriles is 1. The minimum atomic E-state index is 0.00132. The summed E-state index contributed by atoms with van der Waals surface area (Å²) in [5.41, 5.74) is 14.2. The van der Waals surface area contributed by atoms with Gasteiger partial charge >= 0.3 is 0 Å². The van der Waals surface area contributed by atoms with E-state index in [9.17, 15) is 4.79 Å². The molecule has 14 nitrogen and oxygen atoms in total. The fourth-order valence-corrected chi connectivity index (χ4v) is 5.90. The summed E-state index contributed by atoms with van der Waals surface area (Å²) in [6, 6.07) is 39.4. The maximum atomic E-state index is 12.0. The number of amides is 1. The number of rotatable bonds is 11. The molecule has 0 saturated heterocycles. The van der Waals surface area contributed by atoms with E-state index in [4.69, 9.17) is 20.3 Å². The third kappa shape index (κ3) is 8.26. The van der Waals surface area contributed by atoms with Gasteiger partial charge in [-0.05, 0) is 65.9 Å². The van der Waals surface area contributed by atoms with Gasteiger partial charge in [-0.2, -0.15) is 15.2 Å². The standard InChI is InChI=1S/C21H17N5O.C20H18N6O2/c22-13-12-15-6-10-18(11-7-15)27-14-16-4-8-17(9-5-16)19-2-1-3-20-24-21(23)25-26(19)20;27-19(15-8-9-15)23-20-22-18-3-1-2-16(26(18)24-20)14-6-4-13(5-7-14)12-21-17-10-11-28-25-17/h1-11H,12,14H2,(H2,23,25);1-7,10-11,15H,8-9,12H2,(H,21,25)(H,23,24,27). The normalized spacial score (nSPS) is 12.1. The zero-order chi connectivity index (χ0) is 37.6. The maximum absolute atomic E-state index is 12.0. The summed E-state index contributed by atoms with van der Waals surface area (Å²) < 4.78 is 14.1. The van der Waals surface area contributed by atoms with Crippen molar-refractivity contribution in [3.8, 4) is 34.3 Å². The van der Waals surface area contributed by atoms with Crippen molar-refractivity contribution >= 4 is 34.9 Å². The number of fused-ring (bicyclic) bond motifs is 2. The van der Waals surface area contributed by atoms with E-state index in [1.165, 1.54) is 6.26 Å². The molecule has 4 N–H and O–H groups in total. The van der Waals surface area contributed by atoms with Crippen LogP contribution < -0.4 is 21.1 Å². The van der Waals surface area contributed by atoms with Crippen LogP contribution in [-0.4, -0.2) is 40.3 Å². The van der Waals surface area contributed by atoms with Gasteiger partial charge in [0.2, 0.25) is 17.8 Å². The molecule has 3 aromatic carbocycles. The molecule has 5 aromatic heterocycles. The highest BCUT2D eigenvalue weighted by Crippen LogP contribution is 2.30. The molecule has 1 saturated carbocycles. The summed E-state index contributed by atoms with van der Waals surface area (Å²) in [4.78, 5) is 20.6. The molecule has 0 aliphatic heterocycles. The van der Waals surface area contributed by atoms with E-state index in [-0.39, 0.29) is 17.8 Å². The molecular weight excluding hydrogens is 695 g/mol. The van der Waals surface area contributed by atoms with Gasteiger partial charge in [0.1, 0.15) is 18.6 Å². The summed E-state index contributed by atoms with van der Waals surface area (Å²) in [5, 5.41) is 27.3. The Morgan fingerprint density at radius 2 is 1.44 bits per heavy atom. The predicted molar refractivity (Wildman–Crippen MR) is 207 cm³/mol. The lowest BCUT2D eigenvalue weighted by atomic mass is 10.1. The van der Waals surface area contributed by atoms with E-state index in [1.54, 1.807) is 15.1 Å². The number of nitrogens with two attached hydrogens (primary N) is 1. The van der Waals surface area contributed by atoms with Gasteiger partial charge < -0.3 is 20.3 Å². The number of nitrogen functional groups attached to an aromatic ring is 1. The molecule has 1 fully saturated rings. The number of ether oxygens (including phenoxy) is 1. The molecule has 14 heteroatoms. The number of pyridine rings is 2. The van der Waals surface area contributed by atoms with Crippen LogP contribution in [-0.2, 0) is 24.4 Å². The van der Waals surface area contributed by atoms with E-state index < -0.39 is 0 Å². The van der Waals surface area contributed by atoms with Gasteiger partial charge in [0.25, 0.3) is 0 Å². The second-order valence-electron chi connectivity index (χ2n) is 12.9. The number of carbonyl (C=O) groups excluding carboxylic acids is 1. The summed E-state index contributed by atoms with van der Waals surface area (Å²) in [6.07, 6.45) is 3.84. The highest BCUT2D eigenvalue weighted by Gasteiger charge is 2.30. The average molecular weight is 730 g/mol. The minimum Gasteiger partial charge on any atom is -0.489 e. The van der Waals surface area contributed by atoms with Gasteiger partial charge in [-0.15, -0.1) is 10.2 Å². The fraction of sp³-hybridized carbons (Fsp3) is 0.146. The maximum Gasteiger partial charge on any atom is 0.249 e. The molecule has 5 heterocycles. The van der Waals surface area contributed by atoms with E-state index in [1.807, 2.05) is 109 Å². The second kappa shape index (κ2) is 15.6. The molecule has 9 rings (SSSR count). The minimum absolute atomic E-state index is 0.00132.